The van der Waals surface area contributed by atoms with Crippen molar-refractivity contribution in [2.45, 2.75) is 57.0 Å². The van der Waals surface area contributed by atoms with Crippen molar-refractivity contribution in [2.75, 3.05) is 13.1 Å². The van der Waals surface area contributed by atoms with Crippen molar-refractivity contribution in [1.29, 1.82) is 0 Å². The number of rotatable bonds is 3. The number of nitrogens with zero attached hydrogens (tertiary/aromatic N) is 3. The summed E-state index contributed by atoms with van der Waals surface area (Å²) in [5.41, 5.74) is 2.76. The maximum Gasteiger partial charge on any atom is 0.253 e. The lowest BCUT2D eigenvalue weighted by atomic mass is 9.59. The number of nitrogens with one attached hydrogen (secondary N) is 1. The first kappa shape index (κ1) is 20.5. The molecule has 3 fully saturated rings. The second kappa shape index (κ2) is 8.01. The number of carbonyl (C=O) groups is 2. The molecule has 6 heteroatoms. The van der Waals surface area contributed by atoms with E-state index >= 15 is 0 Å². The lowest BCUT2D eigenvalue weighted by molar-refractivity contribution is -0.186. The van der Waals surface area contributed by atoms with Crippen LogP contribution < -0.4 is 0 Å². The highest BCUT2D eigenvalue weighted by molar-refractivity contribution is 5.98. The minimum absolute atomic E-state index is 0.0842. The lowest BCUT2D eigenvalue weighted by Gasteiger charge is -2.61. The topological polar surface area (TPSA) is 69.3 Å². The number of hydrogen-bond donors (Lipinski definition) is 1. The molecule has 1 aromatic carbocycles. The molecule has 2 aliphatic heterocycles. The molecule has 3 aromatic rings. The van der Waals surface area contributed by atoms with E-state index in [1.165, 1.54) is 12.0 Å². The monoisotopic (exact) mass is 442 g/mol. The summed E-state index contributed by atoms with van der Waals surface area (Å²) in [4.78, 5) is 38.2. The van der Waals surface area contributed by atoms with E-state index in [4.69, 9.17) is 0 Å². The summed E-state index contributed by atoms with van der Waals surface area (Å²) in [6.07, 6.45) is 12.7. The quantitative estimate of drug-likeness (QED) is 0.598. The van der Waals surface area contributed by atoms with Gasteiger partial charge in [0.15, 0.2) is 0 Å². The number of fused-ring (bicyclic) bond motifs is 1. The molecule has 1 N–H and O–H groups in total. The Kier molecular flexibility index (Phi) is 4.97. The van der Waals surface area contributed by atoms with Gasteiger partial charge in [0.05, 0.1) is 11.5 Å². The summed E-state index contributed by atoms with van der Waals surface area (Å²) < 4.78 is 0. The third kappa shape index (κ3) is 3.26. The zero-order valence-electron chi connectivity index (χ0n) is 18.9. The van der Waals surface area contributed by atoms with Gasteiger partial charge in [-0.2, -0.15) is 0 Å². The molecule has 1 saturated carbocycles. The Morgan fingerprint density at radius 2 is 1.76 bits per heavy atom. The minimum atomic E-state index is -0.224. The van der Waals surface area contributed by atoms with Crippen LogP contribution in [-0.4, -0.2) is 50.7 Å². The maximum absolute atomic E-state index is 13.6. The Hall–Kier alpha value is -3.15. The summed E-state index contributed by atoms with van der Waals surface area (Å²) >= 11 is 0. The molecule has 6 rings (SSSR count). The number of pyridine rings is 1. The normalized spacial score (nSPS) is 23.2. The van der Waals surface area contributed by atoms with E-state index < -0.39 is 0 Å². The fraction of sp³-hybridized carbons (Fsp3) is 0.444. The van der Waals surface area contributed by atoms with Crippen molar-refractivity contribution in [3.63, 3.8) is 0 Å². The van der Waals surface area contributed by atoms with Crippen molar-refractivity contribution < 1.29 is 9.59 Å². The van der Waals surface area contributed by atoms with Crippen LogP contribution in [0.2, 0.25) is 0 Å². The third-order valence-electron chi connectivity index (χ3n) is 8.17. The van der Waals surface area contributed by atoms with Crippen LogP contribution >= 0.6 is 0 Å². The molecule has 1 unspecified atom stereocenters. The highest BCUT2D eigenvalue weighted by Gasteiger charge is 2.62. The molecule has 170 valence electrons. The van der Waals surface area contributed by atoms with Gasteiger partial charge in [-0.3, -0.25) is 14.6 Å². The SMILES string of the molecule is O=C(c1ccc2[nH]ccc2c1)N1CCC(N2C(=O)C3(CCCCC3)C2c2ccncc2)CC1. The predicted molar refractivity (Wildman–Crippen MR) is 127 cm³/mol. The number of carbonyl (C=O) groups excluding carboxylic acids is 2. The average Bonchev–Trinajstić information content (AvgIpc) is 3.35. The van der Waals surface area contributed by atoms with Crippen LogP contribution in [0.3, 0.4) is 0 Å². The van der Waals surface area contributed by atoms with Crippen molar-refractivity contribution in [3.05, 3.63) is 66.1 Å². The number of aromatic amines is 1. The van der Waals surface area contributed by atoms with Crippen molar-refractivity contribution in [2.24, 2.45) is 5.41 Å². The van der Waals surface area contributed by atoms with E-state index in [1.54, 1.807) is 0 Å². The van der Waals surface area contributed by atoms with Crippen molar-refractivity contribution in [1.82, 2.24) is 19.8 Å². The number of hydrogen-bond acceptors (Lipinski definition) is 3. The minimum Gasteiger partial charge on any atom is -0.361 e. The van der Waals surface area contributed by atoms with E-state index in [0.717, 1.165) is 55.0 Å². The number of likely N-dealkylation sites (tertiary alicyclic amines) is 2. The molecule has 1 atom stereocenters. The molecule has 2 saturated heterocycles. The van der Waals surface area contributed by atoms with Crippen LogP contribution in [0.15, 0.2) is 55.0 Å². The van der Waals surface area contributed by atoms with Crippen molar-refractivity contribution >= 4 is 22.7 Å². The van der Waals surface area contributed by atoms with Gasteiger partial charge in [-0.1, -0.05) is 19.3 Å². The Morgan fingerprint density at radius 3 is 2.52 bits per heavy atom. The molecular formula is C27H30N4O2. The van der Waals surface area contributed by atoms with Gasteiger partial charge in [0.25, 0.3) is 5.91 Å². The molecule has 1 spiro atoms. The largest absolute Gasteiger partial charge is 0.361 e. The summed E-state index contributed by atoms with van der Waals surface area (Å²) in [5, 5.41) is 1.06. The summed E-state index contributed by atoms with van der Waals surface area (Å²) in [6, 6.07) is 12.3. The molecular weight excluding hydrogens is 412 g/mol. The van der Waals surface area contributed by atoms with Gasteiger partial charge in [0.1, 0.15) is 0 Å². The Bertz CT molecular complexity index is 1170. The Balaban J connectivity index is 1.19. The first-order valence-corrected chi connectivity index (χ1v) is 12.3. The number of aromatic nitrogens is 2. The molecule has 0 radical (unpaired) electrons. The Labute approximate surface area is 194 Å². The second-order valence-electron chi connectivity index (χ2n) is 9.92. The zero-order valence-corrected chi connectivity index (χ0v) is 18.9. The van der Waals surface area contributed by atoms with Crippen LogP contribution in [-0.2, 0) is 4.79 Å². The lowest BCUT2D eigenvalue weighted by Crippen LogP contribution is -2.67. The first-order chi connectivity index (χ1) is 16.2. The van der Waals surface area contributed by atoms with E-state index in [0.29, 0.717) is 19.0 Å². The summed E-state index contributed by atoms with van der Waals surface area (Å²) in [5.74, 6) is 0.424. The van der Waals surface area contributed by atoms with Gasteiger partial charge in [-0.15, -0.1) is 0 Å². The Morgan fingerprint density at radius 1 is 1.00 bits per heavy atom. The fourth-order valence-electron chi connectivity index (χ4n) is 6.48. The van der Waals surface area contributed by atoms with Gasteiger partial charge in [-0.25, -0.2) is 0 Å². The van der Waals surface area contributed by atoms with Crippen LogP contribution in [0.25, 0.3) is 10.9 Å². The van der Waals surface area contributed by atoms with Gasteiger partial charge in [0.2, 0.25) is 5.91 Å². The number of H-pyrrole nitrogens is 1. The molecule has 2 amide bonds. The summed E-state index contributed by atoms with van der Waals surface area (Å²) in [7, 11) is 0. The van der Waals surface area contributed by atoms with Gasteiger partial charge < -0.3 is 14.8 Å². The highest BCUT2D eigenvalue weighted by Crippen LogP contribution is 2.59. The molecule has 2 aromatic heterocycles. The molecule has 6 nitrogen and oxygen atoms in total. The zero-order chi connectivity index (χ0) is 22.4. The molecule has 1 aliphatic carbocycles. The van der Waals surface area contributed by atoms with Crippen LogP contribution in [0.4, 0.5) is 0 Å². The van der Waals surface area contributed by atoms with E-state index in [-0.39, 0.29) is 23.4 Å². The maximum atomic E-state index is 13.6. The molecule has 3 aliphatic rings. The second-order valence-corrected chi connectivity index (χ2v) is 9.92. The standard InChI is InChI=1S/C27H30N4O2/c32-25(21-4-5-23-20(18-21)8-15-29-23)30-16-9-22(10-17-30)31-24(19-6-13-28-14-7-19)27(26(31)33)11-2-1-3-12-27/h4-8,13-15,18,22,24,29H,1-3,9-12,16-17H2. The number of amides is 2. The van der Waals surface area contributed by atoms with Crippen molar-refractivity contribution in [3.8, 4) is 0 Å². The van der Waals surface area contributed by atoms with Crippen LogP contribution in [0.1, 0.15) is 66.9 Å². The first-order valence-electron chi connectivity index (χ1n) is 12.3. The van der Waals surface area contributed by atoms with Gasteiger partial charge >= 0.3 is 0 Å². The fourth-order valence-corrected chi connectivity index (χ4v) is 6.48. The third-order valence-corrected chi connectivity index (χ3v) is 8.17. The smallest absolute Gasteiger partial charge is 0.253 e. The van der Waals surface area contributed by atoms with Gasteiger partial charge in [-0.05, 0) is 67.6 Å². The number of β-lactam (4-membered cyclic amide) rings is 1. The highest BCUT2D eigenvalue weighted by atomic mass is 16.2. The number of benzene rings is 1. The summed E-state index contributed by atoms with van der Waals surface area (Å²) in [6.45, 7) is 1.38. The van der Waals surface area contributed by atoms with Crippen LogP contribution in [0.5, 0.6) is 0 Å². The van der Waals surface area contributed by atoms with Crippen LogP contribution in [0, 0.1) is 5.41 Å². The molecule has 0 bridgehead atoms. The van der Waals surface area contributed by atoms with Gasteiger partial charge in [0, 0.05) is 54.2 Å². The van der Waals surface area contributed by atoms with E-state index in [1.807, 2.05) is 47.8 Å². The molecule has 4 heterocycles. The van der Waals surface area contributed by atoms with E-state index in [2.05, 4.69) is 27.0 Å². The van der Waals surface area contributed by atoms with E-state index in [9.17, 15) is 9.59 Å². The number of piperidine rings is 1. The average molecular weight is 443 g/mol. The molecule has 33 heavy (non-hydrogen) atoms. The predicted octanol–water partition coefficient (Wildman–Crippen LogP) is 4.70.